The number of nitro groups is 1. The van der Waals surface area contributed by atoms with Crippen LogP contribution in [0.5, 0.6) is 5.75 Å². The normalized spacial score (nSPS) is 11.1. The third-order valence-electron chi connectivity index (χ3n) is 4.92. The Kier molecular flexibility index (Phi) is 5.50. The van der Waals surface area contributed by atoms with Crippen molar-refractivity contribution in [3.05, 3.63) is 141 Å². The fraction of sp³-hybridized carbons (Fsp3) is 0.0400. The first kappa shape index (κ1) is 19.7. The average molecular weight is 416 g/mol. The quantitative estimate of drug-likeness (QED) is 0.202. The second-order valence-corrected chi connectivity index (χ2v) is 7.19. The van der Waals surface area contributed by atoms with Crippen molar-refractivity contribution in [2.24, 2.45) is 0 Å². The predicted octanol–water partition coefficient (Wildman–Crippen LogP) is 6.62. The van der Waals surface area contributed by atoms with Crippen LogP contribution < -0.4 is 4.74 Å². The number of benzene rings is 4. The van der Waals surface area contributed by atoms with Crippen LogP contribution in [-0.2, 0) is 5.60 Å². The maximum absolute atomic E-state index is 11.7. The van der Waals surface area contributed by atoms with E-state index in [1.165, 1.54) is 6.07 Å². The lowest BCUT2D eigenvalue weighted by atomic mass is 9.80. The third kappa shape index (κ3) is 3.65. The van der Waals surface area contributed by atoms with Gasteiger partial charge in [0, 0.05) is 27.8 Å². The van der Waals surface area contributed by atoms with E-state index < -0.39 is 10.5 Å². The predicted molar refractivity (Wildman–Crippen MR) is 118 cm³/mol. The first-order chi connectivity index (χ1) is 14.6. The summed E-state index contributed by atoms with van der Waals surface area (Å²) in [6, 6.07) is 33.5. The van der Waals surface area contributed by atoms with Crippen molar-refractivity contribution in [2.75, 3.05) is 0 Å². The van der Waals surface area contributed by atoms with Crippen molar-refractivity contribution >= 4 is 17.3 Å². The van der Waals surface area contributed by atoms with Crippen molar-refractivity contribution in [1.82, 2.24) is 0 Å². The highest BCUT2D eigenvalue weighted by atomic mass is 35.5. The molecule has 0 N–H and O–H groups in total. The third-order valence-corrected chi connectivity index (χ3v) is 5.16. The highest BCUT2D eigenvalue weighted by Gasteiger charge is 2.40. The van der Waals surface area contributed by atoms with Gasteiger partial charge >= 0.3 is 5.69 Å². The molecule has 0 aliphatic rings. The molecule has 0 radical (unpaired) electrons. The molecule has 0 saturated carbocycles. The highest BCUT2D eigenvalue weighted by molar-refractivity contribution is 6.30. The molecule has 0 amide bonds. The molecule has 0 spiro atoms. The number of nitrogens with zero attached hydrogens (tertiary/aromatic N) is 1. The van der Waals surface area contributed by atoms with E-state index in [4.69, 9.17) is 16.3 Å². The maximum atomic E-state index is 11.7. The molecule has 148 valence electrons. The van der Waals surface area contributed by atoms with E-state index >= 15 is 0 Å². The van der Waals surface area contributed by atoms with Crippen LogP contribution in [0.3, 0.4) is 0 Å². The van der Waals surface area contributed by atoms with Crippen LogP contribution in [0, 0.1) is 10.1 Å². The van der Waals surface area contributed by atoms with Crippen LogP contribution in [0.1, 0.15) is 16.7 Å². The first-order valence-corrected chi connectivity index (χ1v) is 9.78. The summed E-state index contributed by atoms with van der Waals surface area (Å²) < 4.78 is 6.61. The lowest BCUT2D eigenvalue weighted by Crippen LogP contribution is -2.36. The molecule has 0 aliphatic heterocycles. The van der Waals surface area contributed by atoms with E-state index in [-0.39, 0.29) is 16.5 Å². The van der Waals surface area contributed by atoms with Gasteiger partial charge in [0.1, 0.15) is 0 Å². The molecule has 0 bridgehead atoms. The van der Waals surface area contributed by atoms with Crippen LogP contribution in [0.15, 0.2) is 109 Å². The van der Waals surface area contributed by atoms with Gasteiger partial charge in [-0.15, -0.1) is 0 Å². The molecule has 4 aromatic carbocycles. The lowest BCUT2D eigenvalue weighted by molar-refractivity contribution is -0.386. The summed E-state index contributed by atoms with van der Waals surface area (Å²) in [7, 11) is 0. The van der Waals surface area contributed by atoms with Crippen molar-refractivity contribution < 1.29 is 9.66 Å². The molecule has 4 aromatic rings. The molecule has 0 atom stereocenters. The topological polar surface area (TPSA) is 52.4 Å². The Morgan fingerprint density at radius 2 is 1.13 bits per heavy atom. The van der Waals surface area contributed by atoms with Gasteiger partial charge in [0.2, 0.25) is 0 Å². The van der Waals surface area contributed by atoms with E-state index in [0.717, 1.165) is 16.7 Å². The smallest absolute Gasteiger partial charge is 0.312 e. The molecule has 30 heavy (non-hydrogen) atoms. The van der Waals surface area contributed by atoms with Gasteiger partial charge in [0.05, 0.1) is 4.92 Å². The Balaban J connectivity index is 2.03. The minimum absolute atomic E-state index is 0.140. The number of nitro benzene ring substituents is 1. The highest BCUT2D eigenvalue weighted by Crippen LogP contribution is 2.43. The van der Waals surface area contributed by atoms with Crippen molar-refractivity contribution in [1.29, 1.82) is 0 Å². The van der Waals surface area contributed by atoms with Crippen molar-refractivity contribution in [3.8, 4) is 5.75 Å². The molecule has 4 nitrogen and oxygen atoms in total. The van der Waals surface area contributed by atoms with Crippen LogP contribution in [0.25, 0.3) is 0 Å². The molecular weight excluding hydrogens is 398 g/mol. The molecule has 0 aliphatic carbocycles. The van der Waals surface area contributed by atoms with Crippen LogP contribution in [-0.4, -0.2) is 4.92 Å². The monoisotopic (exact) mass is 415 g/mol. The lowest BCUT2D eigenvalue weighted by Gasteiger charge is -2.36. The van der Waals surface area contributed by atoms with E-state index in [1.807, 2.05) is 91.0 Å². The molecular formula is C25H18ClNO3. The summed E-state index contributed by atoms with van der Waals surface area (Å²) in [5.74, 6) is 0.140. The SMILES string of the molecule is O=[N+]([O-])c1cc(Cl)ccc1OC(c1ccccc1)(c1ccccc1)c1ccccc1. The zero-order valence-corrected chi connectivity index (χ0v) is 16.7. The minimum Gasteiger partial charge on any atom is -0.466 e. The Hall–Kier alpha value is -3.63. The Labute approximate surface area is 179 Å². The summed E-state index contributed by atoms with van der Waals surface area (Å²) >= 11 is 6.02. The van der Waals surface area contributed by atoms with Crippen LogP contribution in [0.4, 0.5) is 5.69 Å². The maximum Gasteiger partial charge on any atom is 0.312 e. The van der Waals surface area contributed by atoms with Crippen LogP contribution >= 0.6 is 11.6 Å². The number of halogens is 1. The summed E-state index contributed by atoms with van der Waals surface area (Å²) in [5, 5.41) is 12.0. The summed E-state index contributed by atoms with van der Waals surface area (Å²) in [6.45, 7) is 0. The van der Waals surface area contributed by atoms with Gasteiger partial charge in [-0.05, 0) is 12.1 Å². The van der Waals surface area contributed by atoms with E-state index in [0.29, 0.717) is 0 Å². The van der Waals surface area contributed by atoms with Gasteiger partial charge < -0.3 is 4.74 Å². The molecule has 0 fully saturated rings. The number of hydrogen-bond donors (Lipinski definition) is 0. The van der Waals surface area contributed by atoms with Gasteiger partial charge in [-0.1, -0.05) is 103 Å². The number of rotatable bonds is 6. The molecule has 4 rings (SSSR count). The van der Waals surface area contributed by atoms with Crippen LogP contribution in [0.2, 0.25) is 5.02 Å². The van der Waals surface area contributed by atoms with E-state index in [2.05, 4.69) is 0 Å². The molecule has 0 heterocycles. The molecule has 0 unspecified atom stereocenters. The first-order valence-electron chi connectivity index (χ1n) is 9.41. The molecule has 0 saturated heterocycles. The summed E-state index contributed by atoms with van der Waals surface area (Å²) in [6.07, 6.45) is 0. The van der Waals surface area contributed by atoms with E-state index in [1.54, 1.807) is 12.1 Å². The average Bonchev–Trinajstić information content (AvgIpc) is 2.80. The Morgan fingerprint density at radius 3 is 1.53 bits per heavy atom. The standard InChI is InChI=1S/C25H18ClNO3/c26-22-16-17-24(23(18-22)27(28)29)30-25(19-10-4-1-5-11-19,20-12-6-2-7-13-20)21-14-8-3-9-15-21/h1-18H. The van der Waals surface area contributed by atoms with Gasteiger partial charge in [-0.3, -0.25) is 10.1 Å². The number of hydrogen-bond acceptors (Lipinski definition) is 3. The van der Waals surface area contributed by atoms with Gasteiger partial charge in [-0.2, -0.15) is 0 Å². The van der Waals surface area contributed by atoms with Crippen molar-refractivity contribution in [3.63, 3.8) is 0 Å². The number of ether oxygens (including phenoxy) is 1. The minimum atomic E-state index is -1.09. The van der Waals surface area contributed by atoms with Gasteiger partial charge in [0.15, 0.2) is 11.4 Å². The zero-order chi connectivity index (χ0) is 21.0. The van der Waals surface area contributed by atoms with Gasteiger partial charge in [0.25, 0.3) is 0 Å². The second kappa shape index (κ2) is 8.39. The van der Waals surface area contributed by atoms with Crippen molar-refractivity contribution in [2.45, 2.75) is 5.60 Å². The molecule has 5 heteroatoms. The molecule has 0 aromatic heterocycles. The summed E-state index contributed by atoms with van der Waals surface area (Å²) in [5.41, 5.74) is 1.28. The summed E-state index contributed by atoms with van der Waals surface area (Å²) in [4.78, 5) is 11.3. The fourth-order valence-electron chi connectivity index (χ4n) is 3.58. The second-order valence-electron chi connectivity index (χ2n) is 6.75. The van der Waals surface area contributed by atoms with Gasteiger partial charge in [-0.25, -0.2) is 0 Å². The zero-order valence-electron chi connectivity index (χ0n) is 15.9. The van der Waals surface area contributed by atoms with E-state index in [9.17, 15) is 10.1 Å². The Bertz CT molecular complexity index is 1050. The Morgan fingerprint density at radius 1 is 0.700 bits per heavy atom. The fourth-order valence-corrected chi connectivity index (χ4v) is 3.75. The largest absolute Gasteiger partial charge is 0.466 e.